The molecule has 0 atom stereocenters. The van der Waals surface area contributed by atoms with Crippen LogP contribution < -0.4 is 4.74 Å². The van der Waals surface area contributed by atoms with Crippen LogP contribution in [0.2, 0.25) is 0 Å². The topological polar surface area (TPSA) is 58.9 Å². The fourth-order valence-electron chi connectivity index (χ4n) is 1.81. The van der Waals surface area contributed by atoms with Gasteiger partial charge in [0.15, 0.2) is 17.3 Å². The van der Waals surface area contributed by atoms with E-state index in [1.54, 1.807) is 48.7 Å². The molecular formula is C17H17NO3. The average molecular weight is 283 g/mol. The average Bonchev–Trinajstić information content (AvgIpc) is 2.48. The molecule has 0 radical (unpaired) electrons. The lowest BCUT2D eigenvalue weighted by atomic mass is 10.1. The molecule has 0 fully saturated rings. The molecule has 4 heteroatoms. The second-order valence-corrected chi connectivity index (χ2v) is 4.52. The third-order valence-corrected chi connectivity index (χ3v) is 2.92. The number of ketones is 1. The van der Waals surface area contributed by atoms with E-state index in [0.717, 1.165) is 11.3 Å². The highest BCUT2D eigenvalue weighted by molar-refractivity contribution is 5.94. The number of phenolic OH excluding ortho intramolecular Hbond substituents is 1. The Morgan fingerprint density at radius 2 is 1.95 bits per heavy atom. The summed E-state index contributed by atoms with van der Waals surface area (Å²) in [6.07, 6.45) is 1.69. The fraction of sp³-hybridized carbons (Fsp3) is 0.176. The maximum Gasteiger partial charge on any atom is 0.161 e. The Morgan fingerprint density at radius 1 is 1.24 bits per heavy atom. The molecular weight excluding hydrogens is 266 g/mol. The molecule has 1 N–H and O–H groups in total. The quantitative estimate of drug-likeness (QED) is 0.671. The SMILES string of the molecule is CCOc1cc(C=Nc2ccc(C(C)=O)cc2)ccc1O. The maximum absolute atomic E-state index is 11.2. The third-order valence-electron chi connectivity index (χ3n) is 2.92. The first kappa shape index (κ1) is 14.8. The molecule has 0 spiro atoms. The van der Waals surface area contributed by atoms with Gasteiger partial charge < -0.3 is 9.84 Å². The number of carbonyl (C=O) groups is 1. The van der Waals surface area contributed by atoms with Gasteiger partial charge in [-0.15, -0.1) is 0 Å². The first-order valence-electron chi connectivity index (χ1n) is 6.71. The number of Topliss-reactive ketones (excluding diaryl/α,β-unsaturated/α-hetero) is 1. The van der Waals surface area contributed by atoms with Crippen LogP contribution in [0, 0.1) is 0 Å². The Kier molecular flexibility index (Phi) is 4.72. The lowest BCUT2D eigenvalue weighted by Crippen LogP contribution is -1.93. The molecule has 0 unspecified atom stereocenters. The van der Waals surface area contributed by atoms with Crippen LogP contribution >= 0.6 is 0 Å². The number of nitrogens with zero attached hydrogens (tertiary/aromatic N) is 1. The first-order valence-corrected chi connectivity index (χ1v) is 6.71. The Hall–Kier alpha value is -2.62. The minimum Gasteiger partial charge on any atom is -0.504 e. The van der Waals surface area contributed by atoms with Crippen molar-refractivity contribution in [3.8, 4) is 11.5 Å². The lowest BCUT2D eigenvalue weighted by molar-refractivity contribution is 0.101. The summed E-state index contributed by atoms with van der Waals surface area (Å²) in [5, 5.41) is 9.63. The van der Waals surface area contributed by atoms with Gasteiger partial charge in [0.2, 0.25) is 0 Å². The van der Waals surface area contributed by atoms with Crippen LogP contribution in [0.4, 0.5) is 5.69 Å². The maximum atomic E-state index is 11.2. The number of hydrogen-bond donors (Lipinski definition) is 1. The molecule has 2 aromatic carbocycles. The highest BCUT2D eigenvalue weighted by Crippen LogP contribution is 2.26. The number of aliphatic imine (C=N–C) groups is 1. The molecule has 0 saturated carbocycles. The number of phenols is 1. The van der Waals surface area contributed by atoms with E-state index in [9.17, 15) is 9.90 Å². The van der Waals surface area contributed by atoms with Gasteiger partial charge in [0.1, 0.15) is 0 Å². The minimum atomic E-state index is 0.0328. The molecule has 108 valence electrons. The van der Waals surface area contributed by atoms with Crippen LogP contribution in [0.5, 0.6) is 11.5 Å². The van der Waals surface area contributed by atoms with Gasteiger partial charge in [-0.1, -0.05) is 0 Å². The molecule has 2 aromatic rings. The fourth-order valence-corrected chi connectivity index (χ4v) is 1.81. The van der Waals surface area contributed by atoms with Crippen molar-refractivity contribution < 1.29 is 14.6 Å². The molecule has 0 amide bonds. The van der Waals surface area contributed by atoms with E-state index < -0.39 is 0 Å². The van der Waals surface area contributed by atoms with Crippen molar-refractivity contribution >= 4 is 17.7 Å². The number of carbonyl (C=O) groups excluding carboxylic acids is 1. The van der Waals surface area contributed by atoms with Gasteiger partial charge in [-0.05, 0) is 61.9 Å². The van der Waals surface area contributed by atoms with E-state index in [2.05, 4.69) is 4.99 Å². The molecule has 0 aromatic heterocycles. The smallest absolute Gasteiger partial charge is 0.161 e. The first-order chi connectivity index (χ1) is 10.1. The normalized spacial score (nSPS) is 10.8. The summed E-state index contributed by atoms with van der Waals surface area (Å²) < 4.78 is 5.32. The summed E-state index contributed by atoms with van der Waals surface area (Å²) in [4.78, 5) is 15.5. The van der Waals surface area contributed by atoms with E-state index in [4.69, 9.17) is 4.74 Å². The van der Waals surface area contributed by atoms with Gasteiger partial charge in [-0.25, -0.2) is 0 Å². The number of hydrogen-bond acceptors (Lipinski definition) is 4. The molecule has 2 rings (SSSR count). The summed E-state index contributed by atoms with van der Waals surface area (Å²) in [7, 11) is 0. The van der Waals surface area contributed by atoms with Crippen LogP contribution in [0.15, 0.2) is 47.5 Å². The molecule has 0 heterocycles. The molecule has 0 saturated heterocycles. The van der Waals surface area contributed by atoms with Crippen LogP contribution in [-0.2, 0) is 0 Å². The van der Waals surface area contributed by atoms with Crippen molar-refractivity contribution in [2.45, 2.75) is 13.8 Å². The summed E-state index contributed by atoms with van der Waals surface area (Å²) in [6, 6.07) is 12.1. The van der Waals surface area contributed by atoms with Crippen molar-refractivity contribution in [1.29, 1.82) is 0 Å². The monoisotopic (exact) mass is 283 g/mol. The van der Waals surface area contributed by atoms with Crippen molar-refractivity contribution in [2.75, 3.05) is 6.61 Å². The summed E-state index contributed by atoms with van der Waals surface area (Å²) in [5.41, 5.74) is 2.25. The van der Waals surface area contributed by atoms with E-state index in [-0.39, 0.29) is 11.5 Å². The number of rotatable bonds is 5. The van der Waals surface area contributed by atoms with Crippen LogP contribution in [0.1, 0.15) is 29.8 Å². The van der Waals surface area contributed by atoms with E-state index >= 15 is 0 Å². The van der Waals surface area contributed by atoms with Crippen molar-refractivity contribution in [3.63, 3.8) is 0 Å². The zero-order valence-electron chi connectivity index (χ0n) is 12.0. The van der Waals surface area contributed by atoms with Gasteiger partial charge in [0, 0.05) is 11.8 Å². The second kappa shape index (κ2) is 6.70. The third kappa shape index (κ3) is 3.92. The van der Waals surface area contributed by atoms with Crippen LogP contribution in [-0.4, -0.2) is 23.7 Å². The van der Waals surface area contributed by atoms with E-state index in [0.29, 0.717) is 17.9 Å². The lowest BCUT2D eigenvalue weighted by Gasteiger charge is -2.06. The van der Waals surface area contributed by atoms with Gasteiger partial charge in [0.25, 0.3) is 0 Å². The molecule has 0 aliphatic carbocycles. The van der Waals surface area contributed by atoms with Gasteiger partial charge in [-0.2, -0.15) is 0 Å². The Bertz CT molecular complexity index is 660. The Morgan fingerprint density at radius 3 is 2.57 bits per heavy atom. The highest BCUT2D eigenvalue weighted by atomic mass is 16.5. The number of benzene rings is 2. The predicted octanol–water partition coefficient (Wildman–Crippen LogP) is 3.74. The van der Waals surface area contributed by atoms with Crippen molar-refractivity contribution in [1.82, 2.24) is 0 Å². The molecule has 21 heavy (non-hydrogen) atoms. The zero-order chi connectivity index (χ0) is 15.2. The highest BCUT2D eigenvalue weighted by Gasteiger charge is 2.02. The minimum absolute atomic E-state index is 0.0328. The molecule has 0 aliphatic rings. The van der Waals surface area contributed by atoms with Gasteiger partial charge >= 0.3 is 0 Å². The predicted molar refractivity (Wildman–Crippen MR) is 83.0 cm³/mol. The summed E-state index contributed by atoms with van der Waals surface area (Å²) >= 11 is 0. The Balaban J connectivity index is 2.17. The molecule has 0 bridgehead atoms. The summed E-state index contributed by atoms with van der Waals surface area (Å²) in [5.74, 6) is 0.582. The largest absolute Gasteiger partial charge is 0.504 e. The second-order valence-electron chi connectivity index (χ2n) is 4.52. The van der Waals surface area contributed by atoms with Crippen LogP contribution in [0.3, 0.4) is 0 Å². The number of aromatic hydroxyl groups is 1. The zero-order valence-corrected chi connectivity index (χ0v) is 12.0. The number of ether oxygens (including phenoxy) is 1. The van der Waals surface area contributed by atoms with Gasteiger partial charge in [-0.3, -0.25) is 9.79 Å². The Labute approximate surface area is 123 Å². The molecule has 4 nitrogen and oxygen atoms in total. The standard InChI is InChI=1S/C17H17NO3/c1-3-21-17-10-13(4-9-16(17)20)11-18-15-7-5-14(6-8-15)12(2)19/h4-11,20H,3H2,1-2H3. The van der Waals surface area contributed by atoms with E-state index in [1.165, 1.54) is 6.92 Å². The van der Waals surface area contributed by atoms with Crippen molar-refractivity contribution in [2.24, 2.45) is 4.99 Å². The summed E-state index contributed by atoms with van der Waals surface area (Å²) in [6.45, 7) is 3.88. The van der Waals surface area contributed by atoms with Gasteiger partial charge in [0.05, 0.1) is 12.3 Å². The van der Waals surface area contributed by atoms with Crippen molar-refractivity contribution in [3.05, 3.63) is 53.6 Å². The van der Waals surface area contributed by atoms with Crippen LogP contribution in [0.25, 0.3) is 0 Å². The van der Waals surface area contributed by atoms with E-state index in [1.807, 2.05) is 6.92 Å². The molecule has 0 aliphatic heterocycles.